The van der Waals surface area contributed by atoms with Crippen molar-refractivity contribution < 1.29 is 9.18 Å². The minimum absolute atomic E-state index is 0.0746. The summed E-state index contributed by atoms with van der Waals surface area (Å²) in [6, 6.07) is 14.2. The van der Waals surface area contributed by atoms with Crippen LogP contribution in [0.25, 0.3) is 11.3 Å². The fraction of sp³-hybridized carbons (Fsp3) is 0.304. The molecule has 2 heterocycles. The number of amides is 1. The van der Waals surface area contributed by atoms with Gasteiger partial charge in [0.05, 0.1) is 5.69 Å². The van der Waals surface area contributed by atoms with Crippen LogP contribution in [0.4, 0.5) is 10.1 Å². The van der Waals surface area contributed by atoms with Gasteiger partial charge in [0.25, 0.3) is 0 Å². The van der Waals surface area contributed by atoms with Gasteiger partial charge in [0.15, 0.2) is 0 Å². The molecule has 1 aromatic heterocycles. The molecular weight excluding hydrogens is 353 g/mol. The molecule has 5 heteroatoms. The lowest BCUT2D eigenvalue weighted by atomic mass is 10.00. The summed E-state index contributed by atoms with van der Waals surface area (Å²) in [4.78, 5) is 17.2. The van der Waals surface area contributed by atoms with Gasteiger partial charge in [-0.3, -0.25) is 4.79 Å². The van der Waals surface area contributed by atoms with Gasteiger partial charge in [-0.25, -0.2) is 9.37 Å². The maximum absolute atomic E-state index is 13.3. The van der Waals surface area contributed by atoms with Crippen molar-refractivity contribution >= 4 is 11.6 Å². The Kier molecular flexibility index (Phi) is 5.24. The summed E-state index contributed by atoms with van der Waals surface area (Å²) in [6.07, 6.45) is 6.07. The Balaban J connectivity index is 1.39. The largest absolute Gasteiger partial charge is 0.334 e. The molecule has 0 saturated heterocycles. The Morgan fingerprint density at radius 2 is 2.04 bits per heavy atom. The van der Waals surface area contributed by atoms with E-state index in [1.807, 2.05) is 37.3 Å². The number of aromatic nitrogens is 2. The van der Waals surface area contributed by atoms with Gasteiger partial charge in [-0.05, 0) is 49.1 Å². The third kappa shape index (κ3) is 4.14. The number of nitrogens with one attached hydrogen (secondary N) is 1. The third-order valence-corrected chi connectivity index (χ3v) is 5.24. The first-order valence-electron chi connectivity index (χ1n) is 9.80. The summed E-state index contributed by atoms with van der Waals surface area (Å²) in [5.41, 5.74) is 3.60. The van der Waals surface area contributed by atoms with Crippen molar-refractivity contribution in [2.24, 2.45) is 5.92 Å². The maximum atomic E-state index is 13.3. The number of imidazole rings is 1. The average molecular weight is 377 g/mol. The van der Waals surface area contributed by atoms with E-state index in [1.54, 1.807) is 6.07 Å². The van der Waals surface area contributed by atoms with Crippen molar-refractivity contribution in [3.05, 3.63) is 71.9 Å². The average Bonchev–Trinajstić information content (AvgIpc) is 3.13. The van der Waals surface area contributed by atoms with Gasteiger partial charge < -0.3 is 9.88 Å². The molecule has 4 rings (SSSR count). The first-order valence-corrected chi connectivity index (χ1v) is 9.80. The van der Waals surface area contributed by atoms with Crippen LogP contribution in [0.1, 0.15) is 31.2 Å². The van der Waals surface area contributed by atoms with Crippen molar-refractivity contribution in [1.82, 2.24) is 9.55 Å². The molecule has 1 aliphatic heterocycles. The molecule has 2 aromatic carbocycles. The molecule has 0 fully saturated rings. The molecule has 1 unspecified atom stereocenters. The number of halogens is 1. The molecule has 0 spiro atoms. The Morgan fingerprint density at radius 1 is 1.21 bits per heavy atom. The normalized spacial score (nSPS) is 14.4. The van der Waals surface area contributed by atoms with Crippen molar-refractivity contribution in [3.63, 3.8) is 0 Å². The Labute approximate surface area is 164 Å². The summed E-state index contributed by atoms with van der Waals surface area (Å²) in [7, 11) is 0. The van der Waals surface area contributed by atoms with Crippen LogP contribution in [-0.2, 0) is 24.2 Å². The van der Waals surface area contributed by atoms with Gasteiger partial charge >= 0.3 is 0 Å². The van der Waals surface area contributed by atoms with Gasteiger partial charge in [-0.15, -0.1) is 0 Å². The molecule has 3 aromatic rings. The van der Waals surface area contributed by atoms with E-state index < -0.39 is 0 Å². The topological polar surface area (TPSA) is 46.9 Å². The molecule has 0 aliphatic carbocycles. The zero-order chi connectivity index (χ0) is 19.5. The van der Waals surface area contributed by atoms with Gasteiger partial charge in [0.2, 0.25) is 5.91 Å². The Hall–Kier alpha value is -2.95. The van der Waals surface area contributed by atoms with Crippen molar-refractivity contribution in [3.8, 4) is 11.3 Å². The van der Waals surface area contributed by atoms with Crippen LogP contribution in [-0.4, -0.2) is 15.5 Å². The predicted molar refractivity (Wildman–Crippen MR) is 108 cm³/mol. The zero-order valence-corrected chi connectivity index (χ0v) is 16.0. The predicted octanol–water partition coefficient (Wildman–Crippen LogP) is 4.84. The van der Waals surface area contributed by atoms with E-state index in [0.717, 1.165) is 41.3 Å². The van der Waals surface area contributed by atoms with Gasteiger partial charge in [-0.2, -0.15) is 0 Å². The van der Waals surface area contributed by atoms with Crippen LogP contribution in [0.2, 0.25) is 0 Å². The summed E-state index contributed by atoms with van der Waals surface area (Å²) >= 11 is 0. The van der Waals surface area contributed by atoms with E-state index in [9.17, 15) is 9.18 Å². The summed E-state index contributed by atoms with van der Waals surface area (Å²) in [6.45, 7) is 2.89. The number of aryl methyl sites for hydroxylation is 2. The Morgan fingerprint density at radius 3 is 2.79 bits per heavy atom. The van der Waals surface area contributed by atoms with E-state index in [1.165, 1.54) is 25.0 Å². The van der Waals surface area contributed by atoms with Gasteiger partial charge in [0, 0.05) is 36.3 Å². The monoisotopic (exact) mass is 377 g/mol. The molecule has 0 radical (unpaired) electrons. The number of fused-ring (bicyclic) bond motifs is 1. The summed E-state index contributed by atoms with van der Waals surface area (Å²) < 4.78 is 15.6. The van der Waals surface area contributed by atoms with Crippen LogP contribution < -0.4 is 5.32 Å². The van der Waals surface area contributed by atoms with Crippen molar-refractivity contribution in [1.29, 1.82) is 0 Å². The number of carbonyl (C=O) groups is 1. The van der Waals surface area contributed by atoms with E-state index in [4.69, 9.17) is 4.98 Å². The zero-order valence-electron chi connectivity index (χ0n) is 16.0. The van der Waals surface area contributed by atoms with Crippen molar-refractivity contribution in [2.45, 2.75) is 39.2 Å². The number of anilines is 1. The smallest absolute Gasteiger partial charge is 0.227 e. The second-order valence-corrected chi connectivity index (χ2v) is 7.49. The first-order chi connectivity index (χ1) is 13.6. The van der Waals surface area contributed by atoms with Crippen LogP contribution in [0.5, 0.6) is 0 Å². The second-order valence-electron chi connectivity index (χ2n) is 7.49. The summed E-state index contributed by atoms with van der Waals surface area (Å²) in [5, 5.41) is 2.95. The van der Waals surface area contributed by atoms with E-state index in [2.05, 4.69) is 16.1 Å². The van der Waals surface area contributed by atoms with E-state index >= 15 is 0 Å². The number of hydrogen-bond donors (Lipinski definition) is 1. The number of benzene rings is 2. The van der Waals surface area contributed by atoms with Crippen LogP contribution in [0.15, 0.2) is 54.7 Å². The second kappa shape index (κ2) is 7.97. The third-order valence-electron chi connectivity index (χ3n) is 5.24. The maximum Gasteiger partial charge on any atom is 0.227 e. The molecule has 144 valence electrons. The molecule has 0 saturated carbocycles. The van der Waals surface area contributed by atoms with E-state index in [-0.39, 0.29) is 17.6 Å². The van der Waals surface area contributed by atoms with Crippen LogP contribution >= 0.6 is 0 Å². The number of hydrogen-bond acceptors (Lipinski definition) is 2. The molecule has 1 amide bonds. The van der Waals surface area contributed by atoms with Crippen LogP contribution in [0, 0.1) is 11.7 Å². The number of carbonyl (C=O) groups excluding carboxylic acids is 1. The minimum atomic E-state index is -0.276. The van der Waals surface area contributed by atoms with Crippen molar-refractivity contribution in [2.75, 3.05) is 5.32 Å². The SMILES string of the molecule is CC(Cc1cccc(F)c1)C(=O)Nc1ccc(-c2cn3c(n2)CCCC3)cc1. The number of rotatable bonds is 5. The highest BCUT2D eigenvalue weighted by Crippen LogP contribution is 2.24. The Bertz CT molecular complexity index is 954. The molecule has 1 aliphatic rings. The molecule has 28 heavy (non-hydrogen) atoms. The lowest BCUT2D eigenvalue weighted by Crippen LogP contribution is -2.22. The van der Waals surface area contributed by atoms with Gasteiger partial charge in [-0.1, -0.05) is 31.2 Å². The number of nitrogens with zero attached hydrogens (tertiary/aromatic N) is 2. The molecular formula is C23H24FN3O. The van der Waals surface area contributed by atoms with Crippen LogP contribution in [0.3, 0.4) is 0 Å². The van der Waals surface area contributed by atoms with Gasteiger partial charge in [0.1, 0.15) is 11.6 Å². The lowest BCUT2D eigenvalue weighted by Gasteiger charge is -2.12. The lowest BCUT2D eigenvalue weighted by molar-refractivity contribution is -0.119. The minimum Gasteiger partial charge on any atom is -0.334 e. The molecule has 4 nitrogen and oxygen atoms in total. The highest BCUT2D eigenvalue weighted by atomic mass is 19.1. The highest BCUT2D eigenvalue weighted by Gasteiger charge is 2.15. The van der Waals surface area contributed by atoms with E-state index in [0.29, 0.717) is 6.42 Å². The fourth-order valence-electron chi connectivity index (χ4n) is 3.65. The first kappa shape index (κ1) is 18.4. The fourth-order valence-corrected chi connectivity index (χ4v) is 3.65. The summed E-state index contributed by atoms with van der Waals surface area (Å²) in [5.74, 6) is 0.558. The quantitative estimate of drug-likeness (QED) is 0.691. The highest BCUT2D eigenvalue weighted by molar-refractivity contribution is 5.92. The molecule has 1 N–H and O–H groups in total. The standard InChI is InChI=1S/C23H24FN3O/c1-16(13-17-5-4-6-19(24)14-17)23(28)25-20-10-8-18(9-11-20)21-15-27-12-3-2-7-22(27)26-21/h4-6,8-11,14-16H,2-3,7,12-13H2,1H3,(H,25,28). The molecule has 0 bridgehead atoms. The molecule has 1 atom stereocenters.